The summed E-state index contributed by atoms with van der Waals surface area (Å²) in [5.41, 5.74) is 7.89. The molecule has 0 radical (unpaired) electrons. The number of nitrogens with one attached hydrogen (secondary N) is 2. The van der Waals surface area contributed by atoms with Crippen molar-refractivity contribution in [1.82, 2.24) is 20.4 Å². The molecule has 29 heavy (non-hydrogen) atoms. The molecule has 0 fully saturated rings. The molecule has 0 unspecified atom stereocenters. The van der Waals surface area contributed by atoms with Gasteiger partial charge in [-0.25, -0.2) is 4.98 Å². The van der Waals surface area contributed by atoms with Gasteiger partial charge in [0.2, 0.25) is 0 Å². The van der Waals surface area contributed by atoms with E-state index >= 15 is 0 Å². The smallest absolute Gasteiger partial charge is 0.281 e. The summed E-state index contributed by atoms with van der Waals surface area (Å²) in [7, 11) is 1.87. The normalized spacial score (nSPS) is 10.9. The van der Waals surface area contributed by atoms with Crippen LogP contribution < -0.4 is 10.9 Å². The first-order chi connectivity index (χ1) is 13.9. The summed E-state index contributed by atoms with van der Waals surface area (Å²) in [5, 5.41) is 2.17. The lowest BCUT2D eigenvalue weighted by Gasteiger charge is -2.05. The molecule has 2 aromatic heterocycles. The Labute approximate surface area is 176 Å². The van der Waals surface area contributed by atoms with Gasteiger partial charge >= 0.3 is 0 Å². The monoisotopic (exact) mass is 424 g/mol. The number of halogens is 1. The molecular formula is C21H17ClN4O2S. The van der Waals surface area contributed by atoms with E-state index in [-0.39, 0.29) is 5.91 Å². The van der Waals surface area contributed by atoms with E-state index in [2.05, 4.69) is 15.8 Å². The van der Waals surface area contributed by atoms with Crippen LogP contribution in [0.15, 0.2) is 54.7 Å². The fourth-order valence-corrected chi connectivity index (χ4v) is 4.18. The van der Waals surface area contributed by atoms with Gasteiger partial charge in [0, 0.05) is 34.7 Å². The van der Waals surface area contributed by atoms with E-state index in [0.717, 1.165) is 16.5 Å². The van der Waals surface area contributed by atoms with E-state index in [1.807, 2.05) is 48.0 Å². The fraction of sp³-hybridized carbons (Fsp3) is 0.0952. The van der Waals surface area contributed by atoms with Crippen molar-refractivity contribution in [2.75, 3.05) is 0 Å². The van der Waals surface area contributed by atoms with E-state index in [9.17, 15) is 9.59 Å². The largest absolute Gasteiger partial charge is 0.350 e. The van der Waals surface area contributed by atoms with Gasteiger partial charge in [-0.05, 0) is 25.1 Å². The number of carbonyl (C=O) groups excluding carboxylic acids is 2. The lowest BCUT2D eigenvalue weighted by molar-refractivity contribution is 0.0849. The number of benzene rings is 2. The van der Waals surface area contributed by atoms with Crippen molar-refractivity contribution < 1.29 is 9.59 Å². The molecule has 4 rings (SSSR count). The Morgan fingerprint density at radius 1 is 1.03 bits per heavy atom. The van der Waals surface area contributed by atoms with E-state index in [0.29, 0.717) is 26.2 Å². The van der Waals surface area contributed by atoms with Crippen LogP contribution in [0.5, 0.6) is 0 Å². The molecule has 4 aromatic rings. The second kappa shape index (κ2) is 7.69. The summed E-state index contributed by atoms with van der Waals surface area (Å²) >= 11 is 7.18. The average Bonchev–Trinajstić information content (AvgIpc) is 3.27. The number of nitrogens with zero attached hydrogens (tertiary/aromatic N) is 2. The maximum Gasteiger partial charge on any atom is 0.281 e. The Morgan fingerprint density at radius 2 is 1.72 bits per heavy atom. The molecule has 0 aliphatic rings. The first-order valence-electron chi connectivity index (χ1n) is 8.82. The van der Waals surface area contributed by atoms with Crippen molar-refractivity contribution in [3.05, 3.63) is 75.9 Å². The quantitative estimate of drug-likeness (QED) is 0.480. The lowest BCUT2D eigenvalue weighted by Crippen LogP contribution is -2.41. The van der Waals surface area contributed by atoms with Crippen molar-refractivity contribution in [3.63, 3.8) is 0 Å². The third kappa shape index (κ3) is 3.74. The maximum atomic E-state index is 12.6. The molecule has 6 nitrogen and oxygen atoms in total. The van der Waals surface area contributed by atoms with Crippen LogP contribution in [0.4, 0.5) is 0 Å². The first kappa shape index (κ1) is 19.2. The summed E-state index contributed by atoms with van der Waals surface area (Å²) in [6, 6.07) is 14.8. The average molecular weight is 425 g/mol. The zero-order chi connectivity index (χ0) is 20.5. The lowest BCUT2D eigenvalue weighted by atomic mass is 10.2. The van der Waals surface area contributed by atoms with Gasteiger partial charge in [-0.1, -0.05) is 41.9 Å². The van der Waals surface area contributed by atoms with Gasteiger partial charge in [-0.15, -0.1) is 11.3 Å². The highest BCUT2D eigenvalue weighted by molar-refractivity contribution is 7.17. The molecule has 0 saturated heterocycles. The number of hydrogen-bond donors (Lipinski definition) is 2. The van der Waals surface area contributed by atoms with E-state index in [1.165, 1.54) is 11.3 Å². The molecule has 0 atom stereocenters. The Kier molecular flexibility index (Phi) is 5.08. The molecule has 2 aromatic carbocycles. The zero-order valence-electron chi connectivity index (χ0n) is 15.7. The van der Waals surface area contributed by atoms with Crippen molar-refractivity contribution in [3.8, 4) is 10.6 Å². The minimum atomic E-state index is -0.409. The highest BCUT2D eigenvalue weighted by atomic mass is 35.5. The van der Waals surface area contributed by atoms with Crippen LogP contribution in [0.2, 0.25) is 5.02 Å². The van der Waals surface area contributed by atoms with Crippen LogP contribution in [0.1, 0.15) is 25.7 Å². The molecule has 0 saturated carbocycles. The van der Waals surface area contributed by atoms with Gasteiger partial charge in [0.05, 0.1) is 11.3 Å². The van der Waals surface area contributed by atoms with Crippen molar-refractivity contribution >= 4 is 45.7 Å². The molecule has 2 heterocycles. The number of carbonyl (C=O) groups is 2. The van der Waals surface area contributed by atoms with Crippen LogP contribution in [-0.2, 0) is 7.05 Å². The Hall–Kier alpha value is -3.16. The molecular weight excluding hydrogens is 408 g/mol. The second-order valence-electron chi connectivity index (χ2n) is 6.52. The number of hydrogen-bond acceptors (Lipinski definition) is 4. The zero-order valence-corrected chi connectivity index (χ0v) is 17.3. The third-order valence-electron chi connectivity index (χ3n) is 4.53. The second-order valence-corrected chi connectivity index (χ2v) is 7.96. The minimum Gasteiger partial charge on any atom is -0.350 e. The van der Waals surface area contributed by atoms with E-state index in [1.54, 1.807) is 25.3 Å². The highest BCUT2D eigenvalue weighted by Crippen LogP contribution is 2.28. The first-order valence-corrected chi connectivity index (χ1v) is 10.0. The van der Waals surface area contributed by atoms with Crippen molar-refractivity contribution in [1.29, 1.82) is 0 Å². The number of aromatic nitrogens is 2. The van der Waals surface area contributed by atoms with Gasteiger partial charge < -0.3 is 4.57 Å². The number of rotatable bonds is 3. The summed E-state index contributed by atoms with van der Waals surface area (Å²) in [6.45, 7) is 1.76. The molecule has 0 aliphatic carbocycles. The number of amides is 2. The SMILES string of the molecule is Cc1nc(-c2ccc(Cl)cc2)sc1C(=O)NNC(=O)c1cn(C)c2ccccc12. The molecule has 0 aliphatic heterocycles. The third-order valence-corrected chi connectivity index (χ3v) is 5.98. The molecule has 0 spiro atoms. The number of aryl methyl sites for hydroxylation is 2. The summed E-state index contributed by atoms with van der Waals surface area (Å²) in [5.74, 6) is -0.788. The number of thiazole rings is 1. The van der Waals surface area contributed by atoms with E-state index < -0.39 is 5.91 Å². The molecule has 8 heteroatoms. The fourth-order valence-electron chi connectivity index (χ4n) is 3.08. The molecule has 146 valence electrons. The van der Waals surface area contributed by atoms with Crippen molar-refractivity contribution in [2.45, 2.75) is 6.92 Å². The summed E-state index contributed by atoms with van der Waals surface area (Å²) < 4.78 is 1.87. The summed E-state index contributed by atoms with van der Waals surface area (Å²) in [6.07, 6.45) is 1.74. The van der Waals surface area contributed by atoms with Crippen LogP contribution >= 0.6 is 22.9 Å². The highest BCUT2D eigenvalue weighted by Gasteiger charge is 2.18. The number of fused-ring (bicyclic) bond motifs is 1. The molecule has 0 bridgehead atoms. The van der Waals surface area contributed by atoms with Gasteiger partial charge in [0.25, 0.3) is 11.8 Å². The van der Waals surface area contributed by atoms with Crippen LogP contribution in [0.3, 0.4) is 0 Å². The minimum absolute atomic E-state index is 0.379. The number of hydrazine groups is 1. The van der Waals surface area contributed by atoms with Crippen LogP contribution in [-0.4, -0.2) is 21.4 Å². The van der Waals surface area contributed by atoms with Gasteiger partial charge in [-0.3, -0.25) is 20.4 Å². The number of para-hydroxylation sites is 1. The standard InChI is InChI=1S/C21H17ClN4O2S/c1-12-18(29-21(23-12)13-7-9-14(22)10-8-13)20(28)25-24-19(27)16-11-26(2)17-6-4-3-5-15(16)17/h3-11H,1-2H3,(H,24,27)(H,25,28). The Morgan fingerprint density at radius 3 is 2.48 bits per heavy atom. The molecule has 2 amide bonds. The summed E-state index contributed by atoms with van der Waals surface area (Å²) in [4.78, 5) is 30.1. The van der Waals surface area contributed by atoms with Gasteiger partial charge in [0.1, 0.15) is 9.88 Å². The van der Waals surface area contributed by atoms with Crippen LogP contribution in [0.25, 0.3) is 21.5 Å². The van der Waals surface area contributed by atoms with Crippen molar-refractivity contribution in [2.24, 2.45) is 7.05 Å². The van der Waals surface area contributed by atoms with Gasteiger partial charge in [0.15, 0.2) is 0 Å². The maximum absolute atomic E-state index is 12.6. The Balaban J connectivity index is 1.50. The predicted octanol–water partition coefficient (Wildman–Crippen LogP) is 4.34. The predicted molar refractivity (Wildman–Crippen MR) is 115 cm³/mol. The van der Waals surface area contributed by atoms with E-state index in [4.69, 9.17) is 11.6 Å². The Bertz CT molecular complexity index is 1230. The topological polar surface area (TPSA) is 76.0 Å². The molecule has 2 N–H and O–H groups in total. The van der Waals surface area contributed by atoms with Crippen LogP contribution in [0, 0.1) is 6.92 Å². The van der Waals surface area contributed by atoms with Gasteiger partial charge in [-0.2, -0.15) is 0 Å².